The molecule has 0 fully saturated rings. The van der Waals surface area contributed by atoms with Crippen LogP contribution in [0.4, 0.5) is 5.69 Å². The van der Waals surface area contributed by atoms with Gasteiger partial charge in [-0.05, 0) is 43.9 Å². The minimum absolute atomic E-state index is 0.0909. The number of benzene rings is 3. The largest absolute Gasteiger partial charge is 0.459 e. The van der Waals surface area contributed by atoms with Crippen LogP contribution in [0, 0.1) is 0 Å². The second-order valence-corrected chi connectivity index (χ2v) is 11.7. The van der Waals surface area contributed by atoms with Crippen LogP contribution < -0.4 is 10.4 Å². The molecule has 7 nitrogen and oxygen atoms in total. The van der Waals surface area contributed by atoms with Crippen molar-refractivity contribution in [2.24, 2.45) is 0 Å². The fourth-order valence-corrected chi connectivity index (χ4v) is 5.61. The Hall–Kier alpha value is -2.88. The van der Waals surface area contributed by atoms with Crippen LogP contribution in [-0.4, -0.2) is 56.9 Å². The van der Waals surface area contributed by atoms with Gasteiger partial charge in [-0.25, -0.2) is 8.42 Å². The zero-order valence-corrected chi connectivity index (χ0v) is 22.0. The lowest BCUT2D eigenvalue weighted by Gasteiger charge is -2.26. The smallest absolute Gasteiger partial charge is 0.321 e. The van der Waals surface area contributed by atoms with Crippen molar-refractivity contribution < 1.29 is 23.0 Å². The van der Waals surface area contributed by atoms with Gasteiger partial charge in [-0.1, -0.05) is 55.4 Å². The molecule has 0 spiro atoms. The standard InChI is InChI=1S/C26H33BN2O5S/c1-26(2,3)34-25(30)18-29(17-19-11-7-8-14-22(19)27(4)31)35(32,33)24-16-10-12-20-21(24)13-9-15-23(20)28(5)6/h7-16,31H,17-18H2,1-6H3. The van der Waals surface area contributed by atoms with Gasteiger partial charge in [0.2, 0.25) is 10.0 Å². The first kappa shape index (κ1) is 26.7. The number of esters is 1. The lowest BCUT2D eigenvalue weighted by molar-refractivity contribution is -0.155. The maximum Gasteiger partial charge on any atom is 0.321 e. The monoisotopic (exact) mass is 496 g/mol. The SMILES string of the molecule is CB(O)c1ccccc1CN(CC(=O)OC(C)(C)C)S(=O)(=O)c1cccc2c(N(C)C)cccc12. The van der Waals surface area contributed by atoms with E-state index in [4.69, 9.17) is 4.74 Å². The number of hydrogen-bond donors (Lipinski definition) is 1. The summed E-state index contributed by atoms with van der Waals surface area (Å²) >= 11 is 0. The topological polar surface area (TPSA) is 87.1 Å². The number of nitrogens with zero attached hydrogens (tertiary/aromatic N) is 2. The van der Waals surface area contributed by atoms with Gasteiger partial charge in [0.25, 0.3) is 0 Å². The van der Waals surface area contributed by atoms with Crippen LogP contribution in [0.1, 0.15) is 26.3 Å². The van der Waals surface area contributed by atoms with Crippen molar-refractivity contribution in [1.29, 1.82) is 0 Å². The molecule has 0 bridgehead atoms. The van der Waals surface area contributed by atoms with Gasteiger partial charge in [-0.15, -0.1) is 0 Å². The summed E-state index contributed by atoms with van der Waals surface area (Å²) in [5.41, 5.74) is 1.34. The minimum atomic E-state index is -4.13. The predicted octanol–water partition coefficient (Wildman–Crippen LogP) is 3.26. The Labute approximate surface area is 208 Å². The highest BCUT2D eigenvalue weighted by Crippen LogP contribution is 2.32. The number of rotatable bonds is 8. The van der Waals surface area contributed by atoms with E-state index in [2.05, 4.69) is 0 Å². The molecule has 186 valence electrons. The molecule has 0 aliphatic heterocycles. The van der Waals surface area contributed by atoms with Crippen molar-refractivity contribution in [2.45, 2.75) is 44.6 Å². The molecule has 0 heterocycles. The molecule has 3 aromatic carbocycles. The Morgan fingerprint density at radius 2 is 1.60 bits per heavy atom. The van der Waals surface area contributed by atoms with Crippen LogP contribution in [-0.2, 0) is 26.1 Å². The summed E-state index contributed by atoms with van der Waals surface area (Å²) in [5, 5.41) is 11.6. The van der Waals surface area contributed by atoms with Crippen LogP contribution in [0.15, 0.2) is 65.6 Å². The Morgan fingerprint density at radius 3 is 2.23 bits per heavy atom. The van der Waals surface area contributed by atoms with Gasteiger partial charge >= 0.3 is 12.9 Å². The highest BCUT2D eigenvalue weighted by Gasteiger charge is 2.31. The first-order chi connectivity index (χ1) is 16.3. The number of hydrogen-bond acceptors (Lipinski definition) is 6. The maximum absolute atomic E-state index is 14.1. The van der Waals surface area contributed by atoms with E-state index in [0.29, 0.717) is 16.4 Å². The minimum Gasteiger partial charge on any atom is -0.459 e. The normalized spacial score (nSPS) is 12.1. The second-order valence-electron chi connectivity index (χ2n) is 9.76. The van der Waals surface area contributed by atoms with Crippen molar-refractivity contribution in [2.75, 3.05) is 25.5 Å². The number of carbonyl (C=O) groups excluding carboxylic acids is 1. The zero-order chi connectivity index (χ0) is 26.0. The maximum atomic E-state index is 14.1. The molecular formula is C26H33BN2O5S. The van der Waals surface area contributed by atoms with E-state index < -0.39 is 35.1 Å². The van der Waals surface area contributed by atoms with Gasteiger partial charge in [0.15, 0.2) is 0 Å². The third kappa shape index (κ3) is 6.23. The van der Waals surface area contributed by atoms with Crippen molar-refractivity contribution in [3.63, 3.8) is 0 Å². The fraction of sp³-hybridized carbons (Fsp3) is 0.346. The van der Waals surface area contributed by atoms with E-state index in [-0.39, 0.29) is 11.4 Å². The van der Waals surface area contributed by atoms with Gasteiger partial charge in [-0.3, -0.25) is 4.79 Å². The molecule has 0 aromatic heterocycles. The average Bonchev–Trinajstić information content (AvgIpc) is 2.76. The molecule has 35 heavy (non-hydrogen) atoms. The third-order valence-corrected chi connectivity index (χ3v) is 7.39. The molecule has 0 aliphatic carbocycles. The predicted molar refractivity (Wildman–Crippen MR) is 142 cm³/mol. The number of carbonyl (C=O) groups is 1. The Kier molecular flexibility index (Phi) is 7.94. The van der Waals surface area contributed by atoms with Gasteiger partial charge in [0.1, 0.15) is 12.1 Å². The summed E-state index contributed by atoms with van der Waals surface area (Å²) in [6.45, 7) is 5.49. The van der Waals surface area contributed by atoms with Crippen molar-refractivity contribution in [3.8, 4) is 0 Å². The third-order valence-electron chi connectivity index (χ3n) is 5.54. The lowest BCUT2D eigenvalue weighted by atomic mass is 9.62. The highest BCUT2D eigenvalue weighted by molar-refractivity contribution is 7.89. The number of anilines is 1. The van der Waals surface area contributed by atoms with Crippen molar-refractivity contribution >= 4 is 44.8 Å². The first-order valence-electron chi connectivity index (χ1n) is 11.5. The van der Waals surface area contributed by atoms with Crippen LogP contribution in [0.3, 0.4) is 0 Å². The van der Waals surface area contributed by atoms with Gasteiger partial charge in [-0.2, -0.15) is 4.31 Å². The van der Waals surface area contributed by atoms with Crippen LogP contribution in [0.2, 0.25) is 6.82 Å². The highest BCUT2D eigenvalue weighted by atomic mass is 32.2. The number of ether oxygens (including phenoxy) is 1. The van der Waals surface area contributed by atoms with E-state index in [9.17, 15) is 18.2 Å². The van der Waals surface area contributed by atoms with E-state index in [1.807, 2.05) is 37.2 Å². The van der Waals surface area contributed by atoms with Crippen molar-refractivity contribution in [1.82, 2.24) is 4.31 Å². The first-order valence-corrected chi connectivity index (χ1v) is 12.9. The van der Waals surface area contributed by atoms with Gasteiger partial charge in [0.05, 0.1) is 4.90 Å². The molecule has 0 amide bonds. The summed E-state index contributed by atoms with van der Waals surface area (Å²) in [7, 11) is -0.328. The van der Waals surface area contributed by atoms with Crippen molar-refractivity contribution in [3.05, 3.63) is 66.2 Å². The Bertz CT molecular complexity index is 1320. The molecule has 9 heteroatoms. The Balaban J connectivity index is 2.14. The van der Waals surface area contributed by atoms with E-state index >= 15 is 0 Å². The van der Waals surface area contributed by atoms with E-state index in [0.717, 1.165) is 15.4 Å². The molecule has 3 aromatic rings. The summed E-state index contributed by atoms with van der Waals surface area (Å²) in [4.78, 5) is 14.8. The molecule has 0 aliphatic rings. The molecule has 3 rings (SSSR count). The second kappa shape index (κ2) is 10.4. The molecular weight excluding hydrogens is 463 g/mol. The number of sulfonamides is 1. The molecule has 0 saturated carbocycles. The summed E-state index contributed by atoms with van der Waals surface area (Å²) in [6.07, 6.45) is 0. The van der Waals surface area contributed by atoms with Crippen LogP contribution >= 0.6 is 0 Å². The summed E-state index contributed by atoms with van der Waals surface area (Å²) < 4.78 is 34.7. The molecule has 1 N–H and O–H groups in total. The van der Waals surface area contributed by atoms with E-state index in [1.165, 1.54) is 0 Å². The summed E-state index contributed by atoms with van der Waals surface area (Å²) in [6, 6.07) is 17.7. The van der Waals surface area contributed by atoms with Crippen LogP contribution in [0.5, 0.6) is 0 Å². The fourth-order valence-electron chi connectivity index (χ4n) is 4.04. The van der Waals surface area contributed by atoms with Gasteiger partial charge in [0, 0.05) is 37.1 Å². The molecule has 0 unspecified atom stereocenters. The average molecular weight is 496 g/mol. The molecule has 0 saturated heterocycles. The van der Waals surface area contributed by atoms with E-state index in [1.54, 1.807) is 70.1 Å². The lowest BCUT2D eigenvalue weighted by Crippen LogP contribution is -2.40. The number of fused-ring (bicyclic) bond motifs is 1. The molecule has 0 radical (unpaired) electrons. The zero-order valence-electron chi connectivity index (χ0n) is 21.1. The molecule has 0 atom stereocenters. The summed E-state index contributed by atoms with van der Waals surface area (Å²) in [5.74, 6) is -0.648. The van der Waals surface area contributed by atoms with Gasteiger partial charge < -0.3 is 14.7 Å². The van der Waals surface area contributed by atoms with Crippen LogP contribution in [0.25, 0.3) is 10.8 Å². The Morgan fingerprint density at radius 1 is 0.971 bits per heavy atom. The quantitative estimate of drug-likeness (QED) is 0.381.